The van der Waals surface area contributed by atoms with Crippen LogP contribution in [-0.2, 0) is 0 Å². The number of fused-ring (bicyclic) bond motifs is 1. The molecular weight excluding hydrogens is 624 g/mol. The van der Waals surface area contributed by atoms with Gasteiger partial charge in [0.2, 0.25) is 0 Å². The van der Waals surface area contributed by atoms with E-state index in [0.717, 1.165) is 78.2 Å². The van der Waals surface area contributed by atoms with Gasteiger partial charge in [-0.2, -0.15) is 0 Å². The number of carbonyl (C=O) groups is 1. The van der Waals surface area contributed by atoms with Gasteiger partial charge in [0.1, 0.15) is 17.1 Å². The molecule has 0 spiro atoms. The van der Waals surface area contributed by atoms with Crippen molar-refractivity contribution in [1.82, 2.24) is 14.9 Å². The van der Waals surface area contributed by atoms with Crippen LogP contribution in [0, 0.1) is 0 Å². The SMILES string of the molecule is CC(C)c1cc(-c2cccc(OCCCN3CCN(c4ccccc4)CC3)c2)cc(C(C)C)c1NC(=O)N(C)c1cc2cccnc2[nH]c1=O. The van der Waals surface area contributed by atoms with Gasteiger partial charge >= 0.3 is 6.03 Å². The highest BCUT2D eigenvalue weighted by molar-refractivity contribution is 6.03. The number of aromatic nitrogens is 2. The van der Waals surface area contributed by atoms with Gasteiger partial charge in [-0.1, -0.05) is 58.0 Å². The van der Waals surface area contributed by atoms with Crippen molar-refractivity contribution in [3.8, 4) is 16.9 Å². The number of aromatic amines is 1. The number of anilines is 3. The zero-order valence-corrected chi connectivity index (χ0v) is 29.8. The summed E-state index contributed by atoms with van der Waals surface area (Å²) in [7, 11) is 1.61. The number of carbonyl (C=O) groups excluding carboxylic acids is 1. The van der Waals surface area contributed by atoms with Gasteiger partial charge in [0, 0.05) is 62.7 Å². The van der Waals surface area contributed by atoms with E-state index >= 15 is 0 Å². The molecule has 9 nitrogen and oxygen atoms in total. The lowest BCUT2D eigenvalue weighted by Gasteiger charge is -2.36. The monoisotopic (exact) mass is 672 g/mol. The Balaban J connectivity index is 1.13. The Kier molecular flexibility index (Phi) is 10.8. The molecule has 0 saturated carbocycles. The molecule has 3 aromatic carbocycles. The number of urea groups is 1. The number of amides is 2. The lowest BCUT2D eigenvalue weighted by Crippen LogP contribution is -2.46. The van der Waals surface area contributed by atoms with Crippen molar-refractivity contribution in [2.45, 2.75) is 46.0 Å². The maximum absolute atomic E-state index is 13.7. The van der Waals surface area contributed by atoms with Crippen molar-refractivity contribution in [3.63, 3.8) is 0 Å². The highest BCUT2D eigenvalue weighted by Gasteiger charge is 2.22. The molecule has 1 aliphatic rings. The Morgan fingerprint density at radius 2 is 1.60 bits per heavy atom. The summed E-state index contributed by atoms with van der Waals surface area (Å²) in [5, 5.41) is 3.92. The number of para-hydroxylation sites is 1. The zero-order valence-electron chi connectivity index (χ0n) is 29.8. The molecule has 1 aliphatic heterocycles. The quantitative estimate of drug-likeness (QED) is 0.138. The standard InChI is InChI=1S/C41H48N6O3/c1-28(2)35-25-32(26-36(29(3)4)38(35)43-41(49)45(5)37-27-31-13-10-17-42-39(31)44-40(37)48)30-12-9-16-34(24-30)50-23-11-18-46-19-21-47(22-20-46)33-14-7-6-8-15-33/h6-10,12-17,24-29H,11,18-23H2,1-5H3,(H,43,49)(H,42,44,48). The summed E-state index contributed by atoms with van der Waals surface area (Å²) in [6.45, 7) is 14.4. The lowest BCUT2D eigenvalue weighted by molar-refractivity contribution is 0.225. The number of hydrogen-bond donors (Lipinski definition) is 2. The summed E-state index contributed by atoms with van der Waals surface area (Å²) in [5.74, 6) is 1.12. The largest absolute Gasteiger partial charge is 0.494 e. The van der Waals surface area contributed by atoms with Crippen LogP contribution < -0.4 is 25.4 Å². The van der Waals surface area contributed by atoms with Crippen molar-refractivity contribution in [2.24, 2.45) is 0 Å². The first-order valence-corrected chi connectivity index (χ1v) is 17.6. The van der Waals surface area contributed by atoms with Crippen LogP contribution in [0.4, 0.5) is 21.9 Å². The van der Waals surface area contributed by atoms with E-state index in [1.807, 2.05) is 18.2 Å². The fourth-order valence-electron chi connectivity index (χ4n) is 6.59. The Hall–Kier alpha value is -5.15. The molecule has 2 amide bonds. The van der Waals surface area contributed by atoms with E-state index < -0.39 is 0 Å². The number of piperazine rings is 1. The molecule has 0 radical (unpaired) electrons. The van der Waals surface area contributed by atoms with E-state index in [-0.39, 0.29) is 29.1 Å². The summed E-state index contributed by atoms with van der Waals surface area (Å²) in [6, 6.07) is 28.2. The molecule has 9 heteroatoms. The highest BCUT2D eigenvalue weighted by Crippen LogP contribution is 2.38. The molecule has 0 bridgehead atoms. The third kappa shape index (κ3) is 8.00. The second-order valence-corrected chi connectivity index (χ2v) is 13.6. The lowest BCUT2D eigenvalue weighted by atomic mass is 9.88. The predicted octanol–water partition coefficient (Wildman–Crippen LogP) is 8.10. The maximum atomic E-state index is 13.7. The molecule has 3 heterocycles. The molecule has 50 heavy (non-hydrogen) atoms. The minimum absolute atomic E-state index is 0.136. The fourth-order valence-corrected chi connectivity index (χ4v) is 6.59. The zero-order chi connectivity index (χ0) is 35.2. The van der Waals surface area contributed by atoms with Crippen LogP contribution in [0.2, 0.25) is 0 Å². The van der Waals surface area contributed by atoms with Crippen molar-refractivity contribution in [3.05, 3.63) is 113 Å². The van der Waals surface area contributed by atoms with E-state index in [1.54, 1.807) is 25.4 Å². The van der Waals surface area contributed by atoms with Gasteiger partial charge in [0.05, 0.1) is 6.61 Å². The van der Waals surface area contributed by atoms with Crippen molar-refractivity contribution in [2.75, 3.05) is 61.5 Å². The number of H-pyrrole nitrogens is 1. The Bertz CT molecular complexity index is 1950. The van der Waals surface area contributed by atoms with E-state index in [0.29, 0.717) is 12.3 Å². The van der Waals surface area contributed by atoms with Gasteiger partial charge in [-0.05, 0) is 95.1 Å². The minimum atomic E-state index is -0.385. The number of ether oxygens (including phenoxy) is 1. The topological polar surface area (TPSA) is 93.8 Å². The second kappa shape index (κ2) is 15.6. The number of hydrogen-bond acceptors (Lipinski definition) is 6. The van der Waals surface area contributed by atoms with Crippen LogP contribution in [0.5, 0.6) is 5.75 Å². The molecule has 0 atom stereocenters. The van der Waals surface area contributed by atoms with Gasteiger partial charge in [-0.15, -0.1) is 0 Å². The van der Waals surface area contributed by atoms with E-state index in [9.17, 15) is 9.59 Å². The number of pyridine rings is 2. The number of rotatable bonds is 11. The van der Waals surface area contributed by atoms with Crippen LogP contribution in [-0.4, -0.2) is 67.3 Å². The Morgan fingerprint density at radius 3 is 2.30 bits per heavy atom. The average Bonchev–Trinajstić information content (AvgIpc) is 3.13. The number of benzene rings is 3. The van der Waals surface area contributed by atoms with Crippen molar-refractivity contribution >= 4 is 34.1 Å². The Morgan fingerprint density at radius 1 is 0.880 bits per heavy atom. The Labute approximate surface area is 294 Å². The second-order valence-electron chi connectivity index (χ2n) is 13.6. The molecule has 260 valence electrons. The summed E-state index contributed by atoms with van der Waals surface area (Å²) in [4.78, 5) is 39.9. The maximum Gasteiger partial charge on any atom is 0.326 e. The van der Waals surface area contributed by atoms with E-state index in [1.165, 1.54) is 10.6 Å². The van der Waals surface area contributed by atoms with Gasteiger partial charge in [0.15, 0.2) is 0 Å². The molecule has 1 saturated heterocycles. The van der Waals surface area contributed by atoms with Crippen LogP contribution in [0.3, 0.4) is 0 Å². The van der Waals surface area contributed by atoms with Crippen molar-refractivity contribution < 1.29 is 9.53 Å². The first-order chi connectivity index (χ1) is 24.2. The van der Waals surface area contributed by atoms with Crippen molar-refractivity contribution in [1.29, 1.82) is 0 Å². The number of nitrogens with zero attached hydrogens (tertiary/aromatic N) is 4. The minimum Gasteiger partial charge on any atom is -0.494 e. The van der Waals surface area contributed by atoms with E-state index in [4.69, 9.17) is 4.74 Å². The van der Waals surface area contributed by atoms with Gasteiger partial charge in [-0.25, -0.2) is 9.78 Å². The van der Waals surface area contributed by atoms with Gasteiger partial charge in [0.25, 0.3) is 5.56 Å². The summed E-state index contributed by atoms with van der Waals surface area (Å²) in [6.07, 6.45) is 2.59. The van der Waals surface area contributed by atoms with Gasteiger partial charge < -0.3 is 19.9 Å². The van der Waals surface area contributed by atoms with Crippen LogP contribution >= 0.6 is 0 Å². The molecule has 2 N–H and O–H groups in total. The average molecular weight is 673 g/mol. The molecule has 5 aromatic rings. The molecule has 0 aliphatic carbocycles. The smallest absolute Gasteiger partial charge is 0.326 e. The third-order valence-electron chi connectivity index (χ3n) is 9.49. The normalized spacial score (nSPS) is 13.6. The fraction of sp³-hybridized carbons (Fsp3) is 0.341. The highest BCUT2D eigenvalue weighted by atomic mass is 16.5. The molecule has 0 unspecified atom stereocenters. The molecular formula is C41H48N6O3. The molecule has 2 aromatic heterocycles. The molecule has 1 fully saturated rings. The summed E-state index contributed by atoms with van der Waals surface area (Å²) < 4.78 is 6.25. The van der Waals surface area contributed by atoms with E-state index in [2.05, 4.69) is 107 Å². The first kappa shape index (κ1) is 34.7. The van der Waals surface area contributed by atoms with Crippen LogP contribution in [0.25, 0.3) is 22.2 Å². The van der Waals surface area contributed by atoms with Crippen LogP contribution in [0.15, 0.2) is 95.9 Å². The van der Waals surface area contributed by atoms with Crippen LogP contribution in [0.1, 0.15) is 57.1 Å². The van der Waals surface area contributed by atoms with Gasteiger partial charge in [-0.3, -0.25) is 14.6 Å². The first-order valence-electron chi connectivity index (χ1n) is 17.6. The number of nitrogens with one attached hydrogen (secondary N) is 2. The molecule has 6 rings (SSSR count). The summed E-state index contributed by atoms with van der Waals surface area (Å²) in [5.41, 5.74) is 6.64. The summed E-state index contributed by atoms with van der Waals surface area (Å²) >= 11 is 0. The third-order valence-corrected chi connectivity index (χ3v) is 9.49. The predicted molar refractivity (Wildman–Crippen MR) is 205 cm³/mol.